The summed E-state index contributed by atoms with van der Waals surface area (Å²) in [6, 6.07) is 3.68. The average molecular weight is 317 g/mol. The Morgan fingerprint density at radius 2 is 2.17 bits per heavy atom. The van der Waals surface area contributed by atoms with Crippen LogP contribution >= 0.6 is 0 Å². The zero-order valence-electron chi connectivity index (χ0n) is 13.9. The van der Waals surface area contributed by atoms with Gasteiger partial charge in [0.05, 0.1) is 6.04 Å². The minimum Gasteiger partial charge on any atom is -0.361 e. The van der Waals surface area contributed by atoms with Gasteiger partial charge in [0.2, 0.25) is 0 Å². The fourth-order valence-electron chi connectivity index (χ4n) is 2.98. The van der Waals surface area contributed by atoms with Crippen LogP contribution in [0.25, 0.3) is 0 Å². The van der Waals surface area contributed by atoms with Gasteiger partial charge in [0.25, 0.3) is 5.91 Å². The molecular formula is C17H23N3O3. The molecule has 1 saturated heterocycles. The molecule has 3 heterocycles. The van der Waals surface area contributed by atoms with Crippen LogP contribution in [0.3, 0.4) is 0 Å². The van der Waals surface area contributed by atoms with Crippen molar-refractivity contribution in [3.8, 4) is 0 Å². The third kappa shape index (κ3) is 3.16. The molecule has 0 N–H and O–H groups in total. The van der Waals surface area contributed by atoms with Crippen molar-refractivity contribution >= 4 is 5.91 Å². The molecule has 0 spiro atoms. The second-order valence-electron chi connectivity index (χ2n) is 6.39. The number of rotatable bonds is 5. The maximum absolute atomic E-state index is 12.7. The Bertz CT molecular complexity index is 674. The first-order valence-electron chi connectivity index (χ1n) is 8.33. The summed E-state index contributed by atoms with van der Waals surface area (Å²) in [5.74, 6) is 1.81. The van der Waals surface area contributed by atoms with E-state index in [2.05, 4.69) is 31.1 Å². The summed E-state index contributed by atoms with van der Waals surface area (Å²) in [6.45, 7) is 6.90. The zero-order chi connectivity index (χ0) is 16.4. The summed E-state index contributed by atoms with van der Waals surface area (Å²) in [6.07, 6.45) is 3.62. The van der Waals surface area contributed by atoms with Crippen LogP contribution in [0.5, 0.6) is 0 Å². The molecule has 0 aliphatic carbocycles. The molecule has 0 unspecified atom stereocenters. The lowest BCUT2D eigenvalue weighted by Crippen LogP contribution is -2.30. The number of likely N-dealkylation sites (tertiary alicyclic amines) is 1. The number of aryl methyl sites for hydroxylation is 1. The predicted octanol–water partition coefficient (Wildman–Crippen LogP) is 3.72. The van der Waals surface area contributed by atoms with Crippen LogP contribution in [-0.2, 0) is 6.42 Å². The van der Waals surface area contributed by atoms with Crippen molar-refractivity contribution in [3.05, 3.63) is 35.0 Å². The van der Waals surface area contributed by atoms with E-state index in [9.17, 15) is 4.79 Å². The van der Waals surface area contributed by atoms with Crippen molar-refractivity contribution in [1.82, 2.24) is 15.2 Å². The molecule has 0 bridgehead atoms. The molecule has 1 amide bonds. The molecule has 6 nitrogen and oxygen atoms in total. The molecule has 124 valence electrons. The number of hydrogen-bond donors (Lipinski definition) is 0. The quantitative estimate of drug-likeness (QED) is 0.840. The van der Waals surface area contributed by atoms with Gasteiger partial charge in [0.15, 0.2) is 5.69 Å². The summed E-state index contributed by atoms with van der Waals surface area (Å²) >= 11 is 0. The van der Waals surface area contributed by atoms with Crippen molar-refractivity contribution in [2.75, 3.05) is 6.54 Å². The largest absolute Gasteiger partial charge is 0.361 e. The third-order valence-corrected chi connectivity index (χ3v) is 4.25. The highest BCUT2D eigenvalue weighted by Crippen LogP contribution is 2.33. The molecule has 6 heteroatoms. The summed E-state index contributed by atoms with van der Waals surface area (Å²) in [5, 5.41) is 8.10. The fraction of sp³-hybridized carbons (Fsp3) is 0.588. The van der Waals surface area contributed by atoms with Gasteiger partial charge in [-0.25, -0.2) is 0 Å². The molecule has 2 aromatic heterocycles. The molecular weight excluding hydrogens is 294 g/mol. The third-order valence-electron chi connectivity index (χ3n) is 4.25. The van der Waals surface area contributed by atoms with Gasteiger partial charge in [-0.1, -0.05) is 31.1 Å². The summed E-state index contributed by atoms with van der Waals surface area (Å²) in [4.78, 5) is 14.6. The molecule has 0 aromatic carbocycles. The number of carbonyl (C=O) groups is 1. The Morgan fingerprint density at radius 1 is 1.35 bits per heavy atom. The van der Waals surface area contributed by atoms with Crippen molar-refractivity contribution in [3.63, 3.8) is 0 Å². The maximum Gasteiger partial charge on any atom is 0.276 e. The van der Waals surface area contributed by atoms with Gasteiger partial charge in [-0.15, -0.1) is 0 Å². The molecule has 23 heavy (non-hydrogen) atoms. The first-order chi connectivity index (χ1) is 11.1. The summed E-state index contributed by atoms with van der Waals surface area (Å²) in [5.41, 5.74) is 1.21. The number of hydrogen-bond acceptors (Lipinski definition) is 5. The Balaban J connectivity index is 1.78. The number of carbonyl (C=O) groups excluding carboxylic acids is 1. The molecule has 1 aliphatic rings. The van der Waals surface area contributed by atoms with Crippen LogP contribution in [0.1, 0.15) is 79.7 Å². The van der Waals surface area contributed by atoms with E-state index >= 15 is 0 Å². The normalized spacial score (nSPS) is 18.1. The van der Waals surface area contributed by atoms with Crippen molar-refractivity contribution < 1.29 is 13.8 Å². The molecule has 1 fully saturated rings. The molecule has 0 radical (unpaired) electrons. The molecule has 1 aliphatic heterocycles. The smallest absolute Gasteiger partial charge is 0.276 e. The predicted molar refractivity (Wildman–Crippen MR) is 84.1 cm³/mol. The van der Waals surface area contributed by atoms with Crippen molar-refractivity contribution in [2.24, 2.45) is 0 Å². The van der Waals surface area contributed by atoms with Crippen LogP contribution in [0, 0.1) is 0 Å². The van der Waals surface area contributed by atoms with Gasteiger partial charge >= 0.3 is 0 Å². The van der Waals surface area contributed by atoms with Crippen LogP contribution in [0.15, 0.2) is 21.2 Å². The Kier molecular flexibility index (Phi) is 4.50. The van der Waals surface area contributed by atoms with E-state index in [1.807, 2.05) is 11.0 Å². The minimum atomic E-state index is -0.0901. The SMILES string of the molecule is CCCc1cc(C(=O)N2CCC[C@H]2c2cc(C(C)C)on2)no1. The van der Waals surface area contributed by atoms with E-state index in [0.29, 0.717) is 12.2 Å². The Hall–Kier alpha value is -2.11. The van der Waals surface area contributed by atoms with E-state index in [-0.39, 0.29) is 17.9 Å². The lowest BCUT2D eigenvalue weighted by Gasteiger charge is -2.21. The first-order valence-corrected chi connectivity index (χ1v) is 8.33. The van der Waals surface area contributed by atoms with Gasteiger partial charge < -0.3 is 13.9 Å². The van der Waals surface area contributed by atoms with E-state index in [1.54, 1.807) is 6.07 Å². The van der Waals surface area contributed by atoms with Crippen LogP contribution in [0.4, 0.5) is 0 Å². The molecule has 1 atom stereocenters. The molecule has 3 rings (SSSR count). The molecule has 0 saturated carbocycles. The van der Waals surface area contributed by atoms with E-state index in [1.165, 1.54) is 0 Å². The summed E-state index contributed by atoms with van der Waals surface area (Å²) < 4.78 is 10.6. The van der Waals surface area contributed by atoms with Crippen LogP contribution in [-0.4, -0.2) is 27.7 Å². The fourth-order valence-corrected chi connectivity index (χ4v) is 2.98. The maximum atomic E-state index is 12.7. The first kappa shape index (κ1) is 15.8. The standard InChI is InChI=1S/C17H23N3O3/c1-4-6-12-9-14(19-22-12)17(21)20-8-5-7-15(20)13-10-16(11(2)3)23-18-13/h9-11,15H,4-8H2,1-3H3/t15-/m0/s1. The average Bonchev–Trinajstić information content (AvgIpc) is 3.26. The number of aromatic nitrogens is 2. The second-order valence-corrected chi connectivity index (χ2v) is 6.39. The number of nitrogens with zero attached hydrogens (tertiary/aromatic N) is 3. The van der Waals surface area contributed by atoms with E-state index in [4.69, 9.17) is 9.05 Å². The van der Waals surface area contributed by atoms with Crippen molar-refractivity contribution in [1.29, 1.82) is 0 Å². The molecule has 2 aromatic rings. The number of amides is 1. The van der Waals surface area contributed by atoms with Gasteiger partial charge in [0, 0.05) is 31.0 Å². The van der Waals surface area contributed by atoms with E-state index < -0.39 is 0 Å². The van der Waals surface area contributed by atoms with E-state index in [0.717, 1.165) is 42.9 Å². The van der Waals surface area contributed by atoms with Gasteiger partial charge in [-0.05, 0) is 19.3 Å². The highest BCUT2D eigenvalue weighted by Gasteiger charge is 2.34. The Morgan fingerprint density at radius 3 is 2.87 bits per heavy atom. The lowest BCUT2D eigenvalue weighted by atomic mass is 10.1. The summed E-state index contributed by atoms with van der Waals surface area (Å²) in [7, 11) is 0. The highest BCUT2D eigenvalue weighted by atomic mass is 16.5. The minimum absolute atomic E-state index is 0.0370. The Labute approximate surface area is 135 Å². The topological polar surface area (TPSA) is 72.4 Å². The second kappa shape index (κ2) is 6.56. The van der Waals surface area contributed by atoms with Crippen molar-refractivity contribution in [2.45, 2.75) is 58.4 Å². The highest BCUT2D eigenvalue weighted by molar-refractivity contribution is 5.92. The monoisotopic (exact) mass is 317 g/mol. The van der Waals surface area contributed by atoms with Gasteiger partial charge in [0.1, 0.15) is 17.2 Å². The van der Waals surface area contributed by atoms with Crippen LogP contribution < -0.4 is 0 Å². The van der Waals surface area contributed by atoms with Crippen LogP contribution in [0.2, 0.25) is 0 Å². The lowest BCUT2D eigenvalue weighted by molar-refractivity contribution is 0.0720. The zero-order valence-corrected chi connectivity index (χ0v) is 13.9. The van der Waals surface area contributed by atoms with Gasteiger partial charge in [-0.3, -0.25) is 4.79 Å². The van der Waals surface area contributed by atoms with Gasteiger partial charge in [-0.2, -0.15) is 0 Å².